The highest BCUT2D eigenvalue weighted by Gasteiger charge is 2.25. The summed E-state index contributed by atoms with van der Waals surface area (Å²) in [4.78, 5) is 0.214. The van der Waals surface area contributed by atoms with Crippen LogP contribution >= 0.6 is 23.6 Å². The quantitative estimate of drug-likeness (QED) is 0.716. The van der Waals surface area contributed by atoms with Crippen LogP contribution in [0.3, 0.4) is 0 Å². The highest BCUT2D eigenvalue weighted by atomic mass is 32.2. The van der Waals surface area contributed by atoms with Gasteiger partial charge in [-0.25, -0.2) is 8.42 Å². The second-order valence-corrected chi connectivity index (χ2v) is 8.82. The zero-order chi connectivity index (χ0) is 16.6. The number of anilines is 1. The molecule has 0 aliphatic heterocycles. The van der Waals surface area contributed by atoms with E-state index in [0.29, 0.717) is 3.95 Å². The number of aryl methyl sites for hydroxylation is 1. The molecule has 3 aromatic rings. The first-order valence-electron chi connectivity index (χ1n) is 6.80. The fraction of sp³-hybridized carbons (Fsp3) is 0.0625. The van der Waals surface area contributed by atoms with Crippen LogP contribution in [0.15, 0.2) is 63.7 Å². The molecule has 0 atom stereocenters. The molecule has 7 heteroatoms. The highest BCUT2D eigenvalue weighted by molar-refractivity contribution is 7.93. The van der Waals surface area contributed by atoms with E-state index < -0.39 is 9.84 Å². The van der Waals surface area contributed by atoms with E-state index in [2.05, 4.69) is 0 Å². The fourth-order valence-corrected chi connectivity index (χ4v) is 5.51. The average Bonchev–Trinajstić information content (AvgIpc) is 2.84. The molecule has 0 radical (unpaired) electrons. The van der Waals surface area contributed by atoms with Crippen molar-refractivity contribution in [3.63, 3.8) is 0 Å². The minimum atomic E-state index is -3.69. The Hall–Kier alpha value is -1.96. The van der Waals surface area contributed by atoms with E-state index in [-0.39, 0.29) is 14.9 Å². The van der Waals surface area contributed by atoms with Crippen LogP contribution in [0.5, 0.6) is 0 Å². The molecule has 2 aromatic carbocycles. The molecule has 0 fully saturated rings. The molecule has 0 saturated heterocycles. The minimum absolute atomic E-state index is 0.0789. The van der Waals surface area contributed by atoms with Gasteiger partial charge in [0.15, 0.2) is 8.16 Å². The van der Waals surface area contributed by atoms with E-state index in [1.54, 1.807) is 28.8 Å². The number of hydrogen-bond donors (Lipinski definition) is 1. The number of sulfone groups is 1. The second-order valence-electron chi connectivity index (χ2n) is 5.03. The van der Waals surface area contributed by atoms with Gasteiger partial charge >= 0.3 is 0 Å². The van der Waals surface area contributed by atoms with Gasteiger partial charge in [0.05, 0.1) is 4.90 Å². The molecule has 1 aromatic heterocycles. The summed E-state index contributed by atoms with van der Waals surface area (Å²) in [7, 11) is -3.69. The number of nitrogens with zero attached hydrogens (tertiary/aromatic N) is 1. The maximum atomic E-state index is 12.8. The van der Waals surface area contributed by atoms with Crippen molar-refractivity contribution in [3.8, 4) is 5.69 Å². The molecule has 23 heavy (non-hydrogen) atoms. The van der Waals surface area contributed by atoms with Gasteiger partial charge in [-0.3, -0.25) is 4.57 Å². The maximum absolute atomic E-state index is 12.8. The largest absolute Gasteiger partial charge is 0.383 e. The molecule has 0 aliphatic rings. The SMILES string of the molecule is Cc1ccc(S(=O)(=O)c2sc(=S)n(-c3ccccc3)c2N)cc1. The van der Waals surface area contributed by atoms with Crippen LogP contribution in [0.25, 0.3) is 5.69 Å². The third kappa shape index (κ3) is 2.83. The van der Waals surface area contributed by atoms with Crippen LogP contribution < -0.4 is 5.73 Å². The lowest BCUT2D eigenvalue weighted by atomic mass is 10.2. The first kappa shape index (κ1) is 15.9. The number of benzene rings is 2. The summed E-state index contributed by atoms with van der Waals surface area (Å²) in [5.74, 6) is 0.145. The third-order valence-electron chi connectivity index (χ3n) is 3.40. The summed E-state index contributed by atoms with van der Waals surface area (Å²) in [5.41, 5.74) is 7.86. The zero-order valence-electron chi connectivity index (χ0n) is 12.3. The van der Waals surface area contributed by atoms with Crippen molar-refractivity contribution >= 4 is 39.2 Å². The standard InChI is InChI=1S/C16H14N2O2S3/c1-11-7-9-13(10-8-11)23(19,20)15-14(17)18(16(21)22-15)12-5-3-2-4-6-12/h2-10H,17H2,1H3. The smallest absolute Gasteiger partial charge is 0.219 e. The Labute approximate surface area is 143 Å². The van der Waals surface area contributed by atoms with Gasteiger partial charge in [-0.1, -0.05) is 47.2 Å². The van der Waals surface area contributed by atoms with Gasteiger partial charge in [0, 0.05) is 5.69 Å². The maximum Gasteiger partial charge on any atom is 0.219 e. The summed E-state index contributed by atoms with van der Waals surface area (Å²) in [5, 5.41) is 0. The molecule has 0 saturated carbocycles. The lowest BCUT2D eigenvalue weighted by molar-refractivity contribution is 0.598. The summed E-state index contributed by atoms with van der Waals surface area (Å²) in [6, 6.07) is 15.9. The van der Waals surface area contributed by atoms with Crippen molar-refractivity contribution in [1.82, 2.24) is 4.57 Å². The second kappa shape index (κ2) is 5.92. The monoisotopic (exact) mass is 362 g/mol. The van der Waals surface area contributed by atoms with Crippen LogP contribution in [0.4, 0.5) is 5.82 Å². The molecular weight excluding hydrogens is 348 g/mol. The van der Waals surface area contributed by atoms with Crippen molar-refractivity contribution in [1.29, 1.82) is 0 Å². The Morgan fingerprint density at radius 2 is 1.65 bits per heavy atom. The molecule has 4 nitrogen and oxygen atoms in total. The summed E-state index contributed by atoms with van der Waals surface area (Å²) in [6.45, 7) is 1.90. The highest BCUT2D eigenvalue weighted by Crippen LogP contribution is 2.34. The van der Waals surface area contributed by atoms with E-state index in [4.69, 9.17) is 18.0 Å². The van der Waals surface area contributed by atoms with Crippen molar-refractivity contribution in [2.24, 2.45) is 0 Å². The van der Waals surface area contributed by atoms with E-state index in [0.717, 1.165) is 22.6 Å². The van der Waals surface area contributed by atoms with E-state index in [9.17, 15) is 8.42 Å². The lowest BCUT2D eigenvalue weighted by Crippen LogP contribution is -2.06. The number of aromatic nitrogens is 1. The van der Waals surface area contributed by atoms with Gasteiger partial charge in [0.1, 0.15) is 5.82 Å². The topological polar surface area (TPSA) is 65.1 Å². The predicted octanol–water partition coefficient (Wildman–Crippen LogP) is 3.99. The van der Waals surface area contributed by atoms with Gasteiger partial charge in [-0.05, 0) is 43.4 Å². The van der Waals surface area contributed by atoms with E-state index in [1.807, 2.05) is 37.3 Å². The molecule has 0 spiro atoms. The Balaban J connectivity index is 2.19. The molecule has 0 bridgehead atoms. The van der Waals surface area contributed by atoms with Crippen LogP contribution in [0.1, 0.15) is 5.56 Å². The van der Waals surface area contributed by atoms with Gasteiger partial charge < -0.3 is 5.73 Å². The summed E-state index contributed by atoms with van der Waals surface area (Å²) >= 11 is 6.33. The molecule has 118 valence electrons. The van der Waals surface area contributed by atoms with Crippen molar-refractivity contribution in [3.05, 3.63) is 64.1 Å². The number of nitrogens with two attached hydrogens (primary N) is 1. The van der Waals surface area contributed by atoms with E-state index in [1.165, 1.54) is 0 Å². The van der Waals surface area contributed by atoms with Crippen LogP contribution in [-0.2, 0) is 9.84 Å². The molecule has 0 aliphatic carbocycles. The number of hydrogen-bond acceptors (Lipinski definition) is 5. The van der Waals surface area contributed by atoms with Crippen molar-refractivity contribution in [2.45, 2.75) is 16.0 Å². The molecule has 2 N–H and O–H groups in total. The number of para-hydroxylation sites is 1. The number of nitrogen functional groups attached to an aromatic ring is 1. The Morgan fingerprint density at radius 1 is 1.04 bits per heavy atom. The number of rotatable bonds is 3. The van der Waals surface area contributed by atoms with Crippen molar-refractivity contribution < 1.29 is 8.42 Å². The zero-order valence-corrected chi connectivity index (χ0v) is 14.7. The van der Waals surface area contributed by atoms with E-state index >= 15 is 0 Å². The van der Waals surface area contributed by atoms with Crippen molar-refractivity contribution in [2.75, 3.05) is 5.73 Å². The Bertz CT molecular complexity index is 1000. The summed E-state index contributed by atoms with van der Waals surface area (Å²) in [6.07, 6.45) is 0. The Morgan fingerprint density at radius 3 is 2.26 bits per heavy atom. The van der Waals surface area contributed by atoms with Crippen LogP contribution in [-0.4, -0.2) is 13.0 Å². The van der Waals surface area contributed by atoms with Gasteiger partial charge in [-0.2, -0.15) is 0 Å². The first-order chi connectivity index (χ1) is 10.9. The molecular formula is C16H14N2O2S3. The average molecular weight is 363 g/mol. The third-order valence-corrected chi connectivity index (χ3v) is 7.08. The fourth-order valence-electron chi connectivity index (χ4n) is 2.21. The van der Waals surface area contributed by atoms with Gasteiger partial charge in [0.25, 0.3) is 0 Å². The number of thiazole rings is 1. The van der Waals surface area contributed by atoms with Gasteiger partial charge in [0.2, 0.25) is 9.84 Å². The van der Waals surface area contributed by atoms with Crippen LogP contribution in [0.2, 0.25) is 0 Å². The van der Waals surface area contributed by atoms with Crippen LogP contribution in [0, 0.1) is 10.9 Å². The summed E-state index contributed by atoms with van der Waals surface area (Å²) < 4.78 is 27.7. The minimum Gasteiger partial charge on any atom is -0.383 e. The van der Waals surface area contributed by atoms with Gasteiger partial charge in [-0.15, -0.1) is 0 Å². The predicted molar refractivity (Wildman–Crippen MR) is 95.5 cm³/mol. The first-order valence-corrected chi connectivity index (χ1v) is 9.50. The normalized spacial score (nSPS) is 11.5. The molecule has 3 rings (SSSR count). The molecule has 1 heterocycles. The lowest BCUT2D eigenvalue weighted by Gasteiger charge is -2.07. The molecule has 0 amide bonds. The molecule has 0 unspecified atom stereocenters. The Kier molecular flexibility index (Phi) is 4.09.